The summed E-state index contributed by atoms with van der Waals surface area (Å²) < 4.78 is 16.9. The van der Waals surface area contributed by atoms with E-state index in [0.717, 1.165) is 11.1 Å². The second kappa shape index (κ2) is 9.80. The Morgan fingerprint density at radius 1 is 0.824 bits per heavy atom. The Hall–Kier alpha value is -4.10. The Balaban J connectivity index is 1.52. The predicted octanol–water partition coefficient (Wildman–Crippen LogP) is 5.61. The van der Waals surface area contributed by atoms with Gasteiger partial charge in [-0.2, -0.15) is 4.36 Å². The minimum Gasteiger partial charge on any atom is -0.322 e. The van der Waals surface area contributed by atoms with E-state index in [9.17, 15) is 13.8 Å². The Kier molecular flexibility index (Phi) is 6.65. The topological polar surface area (TPSA) is 88.5 Å². The highest BCUT2D eigenvalue weighted by Gasteiger charge is 2.13. The van der Waals surface area contributed by atoms with E-state index in [2.05, 4.69) is 14.7 Å². The highest BCUT2D eigenvalue weighted by molar-refractivity contribution is 7.93. The summed E-state index contributed by atoms with van der Waals surface area (Å²) in [6.07, 6.45) is 4.49. The zero-order valence-corrected chi connectivity index (χ0v) is 19.6. The van der Waals surface area contributed by atoms with Crippen LogP contribution >= 0.6 is 0 Å². The van der Waals surface area contributed by atoms with Crippen LogP contribution in [0.3, 0.4) is 0 Å². The number of benzene rings is 3. The third kappa shape index (κ3) is 5.44. The molecule has 0 radical (unpaired) electrons. The van der Waals surface area contributed by atoms with E-state index in [0.29, 0.717) is 21.7 Å². The predicted molar refractivity (Wildman–Crippen MR) is 134 cm³/mol. The normalized spacial score (nSPS) is 12.4. The molecule has 34 heavy (non-hydrogen) atoms. The van der Waals surface area contributed by atoms with Crippen molar-refractivity contribution in [1.29, 1.82) is 0 Å². The van der Waals surface area contributed by atoms with Gasteiger partial charge in [0.1, 0.15) is 0 Å². The van der Waals surface area contributed by atoms with E-state index < -0.39 is 15.6 Å². The molecule has 0 unspecified atom stereocenters. The molecule has 6 nitrogen and oxygen atoms in total. The van der Waals surface area contributed by atoms with Gasteiger partial charge in [0, 0.05) is 40.4 Å². The first kappa shape index (κ1) is 23.1. The number of anilines is 1. The van der Waals surface area contributed by atoms with Crippen LogP contribution in [0.1, 0.15) is 26.3 Å². The molecule has 1 aromatic heterocycles. The van der Waals surface area contributed by atoms with E-state index in [4.69, 9.17) is 0 Å². The molecule has 4 rings (SSSR count). The van der Waals surface area contributed by atoms with Crippen LogP contribution in [0.2, 0.25) is 0 Å². The molecule has 4 aromatic rings. The van der Waals surface area contributed by atoms with Crippen LogP contribution in [0.4, 0.5) is 5.69 Å². The molecule has 0 saturated heterocycles. The van der Waals surface area contributed by atoms with Gasteiger partial charge in [-0.25, -0.2) is 4.21 Å². The Morgan fingerprint density at radius 2 is 1.50 bits per heavy atom. The van der Waals surface area contributed by atoms with E-state index in [-0.39, 0.29) is 11.5 Å². The molecule has 0 bridgehead atoms. The highest BCUT2D eigenvalue weighted by atomic mass is 32.2. The van der Waals surface area contributed by atoms with E-state index in [1.165, 1.54) is 12.5 Å². The van der Waals surface area contributed by atoms with Gasteiger partial charge in [-0.15, -0.1) is 0 Å². The first-order chi connectivity index (χ1) is 16.3. The van der Waals surface area contributed by atoms with Crippen molar-refractivity contribution in [1.82, 2.24) is 4.98 Å². The van der Waals surface area contributed by atoms with Crippen molar-refractivity contribution in [2.24, 2.45) is 4.36 Å². The van der Waals surface area contributed by atoms with Gasteiger partial charge in [0.25, 0.3) is 11.8 Å². The van der Waals surface area contributed by atoms with E-state index in [1.807, 2.05) is 37.3 Å². The van der Waals surface area contributed by atoms with Crippen molar-refractivity contribution in [3.63, 3.8) is 0 Å². The summed E-state index contributed by atoms with van der Waals surface area (Å²) in [5.74, 6) is -0.780. The first-order valence-corrected chi connectivity index (χ1v) is 12.5. The summed E-state index contributed by atoms with van der Waals surface area (Å²) in [5.41, 5.74) is 4.09. The van der Waals surface area contributed by atoms with Gasteiger partial charge in [-0.3, -0.25) is 14.6 Å². The molecule has 1 atom stereocenters. The van der Waals surface area contributed by atoms with Gasteiger partial charge in [-0.05, 0) is 55.0 Å². The number of nitrogens with zero attached hydrogens (tertiary/aromatic N) is 2. The average Bonchev–Trinajstić information content (AvgIpc) is 2.85. The molecule has 7 heteroatoms. The van der Waals surface area contributed by atoms with Crippen molar-refractivity contribution in [2.45, 2.75) is 11.8 Å². The summed E-state index contributed by atoms with van der Waals surface area (Å²) in [7, 11) is -2.87. The summed E-state index contributed by atoms with van der Waals surface area (Å²) in [6.45, 7) is 1.97. The first-order valence-electron chi connectivity index (χ1n) is 10.6. The quantitative estimate of drug-likeness (QED) is 0.412. The molecule has 0 spiro atoms. The zero-order chi connectivity index (χ0) is 24.1. The fourth-order valence-corrected chi connectivity index (χ4v) is 4.49. The number of pyridine rings is 1. The number of nitrogens with one attached hydrogen (secondary N) is 1. The van der Waals surface area contributed by atoms with Crippen molar-refractivity contribution in [2.75, 3.05) is 11.6 Å². The molecule has 0 aliphatic heterocycles. The largest absolute Gasteiger partial charge is 0.322 e. The molecule has 170 valence electrons. The minimum absolute atomic E-state index is 0.190. The van der Waals surface area contributed by atoms with Crippen molar-refractivity contribution in [3.8, 4) is 11.1 Å². The number of carbonyl (C=O) groups excluding carboxylic acids is 2. The maximum absolute atomic E-state index is 12.9. The zero-order valence-electron chi connectivity index (χ0n) is 18.8. The van der Waals surface area contributed by atoms with Crippen LogP contribution in [0, 0.1) is 6.92 Å². The number of aryl methyl sites for hydroxylation is 1. The van der Waals surface area contributed by atoms with Gasteiger partial charge in [0.15, 0.2) is 0 Å². The second-order valence-electron chi connectivity index (χ2n) is 7.87. The number of carbonyl (C=O) groups is 2. The van der Waals surface area contributed by atoms with Gasteiger partial charge in [-0.1, -0.05) is 48.0 Å². The van der Waals surface area contributed by atoms with Crippen molar-refractivity contribution < 1.29 is 13.8 Å². The van der Waals surface area contributed by atoms with Gasteiger partial charge in [0.05, 0.1) is 15.3 Å². The molecule has 0 aliphatic rings. The molecule has 2 amide bonds. The van der Waals surface area contributed by atoms with Crippen LogP contribution in [-0.4, -0.2) is 27.3 Å². The Morgan fingerprint density at radius 3 is 2.18 bits per heavy atom. The van der Waals surface area contributed by atoms with Crippen molar-refractivity contribution >= 4 is 27.2 Å². The lowest BCUT2D eigenvalue weighted by Crippen LogP contribution is -2.11. The molecule has 3 aromatic carbocycles. The monoisotopic (exact) mass is 469 g/mol. The number of hydrogen-bond donors (Lipinski definition) is 1. The maximum Gasteiger partial charge on any atom is 0.286 e. The SMILES string of the molecule is Cc1ccc(C(=O)Nc2ccc(-c3cncc(C(=O)N=[S@@](C)(=O)c4ccccc4)c3)cc2)cc1. The second-order valence-corrected chi connectivity index (χ2v) is 10.1. The number of rotatable bonds is 5. The highest BCUT2D eigenvalue weighted by Crippen LogP contribution is 2.23. The third-order valence-electron chi connectivity index (χ3n) is 5.21. The van der Waals surface area contributed by atoms with E-state index in [1.54, 1.807) is 60.8 Å². The Bertz CT molecular complexity index is 1460. The molecule has 0 aliphatic carbocycles. The molecule has 0 fully saturated rings. The number of aromatic nitrogens is 1. The van der Waals surface area contributed by atoms with Crippen LogP contribution in [0.15, 0.2) is 107 Å². The molecule has 1 N–H and O–H groups in total. The standard InChI is InChI=1S/C27H23N3O3S/c1-19-8-10-21(11-9-19)26(31)29-24-14-12-20(13-15-24)22-16-23(18-28-17-22)27(32)30-34(2,33)25-6-4-3-5-7-25/h3-18H,1-2H3,(H,29,31)/t34-/m0/s1. The van der Waals surface area contributed by atoms with Crippen molar-refractivity contribution in [3.05, 3.63) is 114 Å². The van der Waals surface area contributed by atoms with Gasteiger partial charge in [0.2, 0.25) is 0 Å². The number of hydrogen-bond acceptors (Lipinski definition) is 4. The summed E-state index contributed by atoms with van der Waals surface area (Å²) in [5, 5.41) is 2.87. The van der Waals surface area contributed by atoms with Gasteiger partial charge >= 0.3 is 0 Å². The Labute approximate surface area is 198 Å². The molecular weight excluding hydrogens is 446 g/mol. The smallest absolute Gasteiger partial charge is 0.286 e. The summed E-state index contributed by atoms with van der Waals surface area (Å²) >= 11 is 0. The summed E-state index contributed by atoms with van der Waals surface area (Å²) in [6, 6.07) is 25.0. The number of amides is 2. The van der Waals surface area contributed by atoms with Gasteiger partial charge < -0.3 is 5.32 Å². The average molecular weight is 470 g/mol. The van der Waals surface area contributed by atoms with Crippen LogP contribution < -0.4 is 5.32 Å². The lowest BCUT2D eigenvalue weighted by Gasteiger charge is -2.08. The third-order valence-corrected chi connectivity index (χ3v) is 6.87. The fourth-order valence-electron chi connectivity index (χ4n) is 3.31. The lowest BCUT2D eigenvalue weighted by atomic mass is 10.1. The lowest BCUT2D eigenvalue weighted by molar-refractivity contribution is 0.100. The molecular formula is C27H23N3O3S. The summed E-state index contributed by atoms with van der Waals surface area (Å²) in [4.78, 5) is 29.8. The van der Waals surface area contributed by atoms with Crippen LogP contribution in [-0.2, 0) is 9.73 Å². The fraction of sp³-hybridized carbons (Fsp3) is 0.0741. The molecule has 0 saturated carbocycles. The van der Waals surface area contributed by atoms with Crippen LogP contribution in [0.25, 0.3) is 11.1 Å². The van der Waals surface area contributed by atoms with E-state index >= 15 is 0 Å². The maximum atomic E-state index is 12.9. The molecule has 1 heterocycles. The minimum atomic E-state index is -2.87. The van der Waals surface area contributed by atoms with Crippen LogP contribution in [0.5, 0.6) is 0 Å².